The molecule has 1 fully saturated rings. The summed E-state index contributed by atoms with van der Waals surface area (Å²) in [5.41, 5.74) is 2.32. The zero-order valence-corrected chi connectivity index (χ0v) is 19.8. The van der Waals surface area contributed by atoms with Gasteiger partial charge in [-0.25, -0.2) is 0 Å². The lowest BCUT2D eigenvalue weighted by atomic mass is 9.84. The standard InChI is InChI=1S/C21H35N3O3.HI/c1-4-22-20(24-15-21(9-12-25)10-14-26-16-21)23-11-6-13-27-19-17(2)7-5-8-18(19)3;/h5,7-8,25H,4,6,9-16H2,1-3H3,(H2,22,23,24);1H. The van der Waals surface area contributed by atoms with Gasteiger partial charge < -0.3 is 25.2 Å². The summed E-state index contributed by atoms with van der Waals surface area (Å²) in [6.45, 7) is 10.8. The lowest BCUT2D eigenvalue weighted by Gasteiger charge is -2.24. The van der Waals surface area contributed by atoms with Crippen LogP contribution in [0.2, 0.25) is 0 Å². The molecule has 1 aliphatic heterocycles. The Hall–Kier alpha value is -1.06. The summed E-state index contributed by atoms with van der Waals surface area (Å²) >= 11 is 0. The van der Waals surface area contributed by atoms with E-state index in [9.17, 15) is 5.11 Å². The van der Waals surface area contributed by atoms with Gasteiger partial charge in [-0.1, -0.05) is 18.2 Å². The Morgan fingerprint density at radius 2 is 2.04 bits per heavy atom. The number of rotatable bonds is 10. The zero-order valence-electron chi connectivity index (χ0n) is 17.4. The van der Waals surface area contributed by atoms with Crippen LogP contribution in [0.25, 0.3) is 0 Å². The van der Waals surface area contributed by atoms with Crippen molar-refractivity contribution in [3.05, 3.63) is 29.3 Å². The van der Waals surface area contributed by atoms with Crippen molar-refractivity contribution < 1.29 is 14.6 Å². The van der Waals surface area contributed by atoms with Crippen LogP contribution in [0.4, 0.5) is 0 Å². The number of guanidine groups is 1. The third-order valence-electron chi connectivity index (χ3n) is 5.01. The molecule has 160 valence electrons. The van der Waals surface area contributed by atoms with Crippen molar-refractivity contribution >= 4 is 29.9 Å². The predicted molar refractivity (Wildman–Crippen MR) is 125 cm³/mol. The van der Waals surface area contributed by atoms with Crippen LogP contribution in [0, 0.1) is 19.3 Å². The molecule has 1 unspecified atom stereocenters. The van der Waals surface area contributed by atoms with E-state index in [-0.39, 0.29) is 36.0 Å². The average Bonchev–Trinajstić information content (AvgIpc) is 3.10. The fraction of sp³-hybridized carbons (Fsp3) is 0.667. The van der Waals surface area contributed by atoms with Crippen LogP contribution in [0.3, 0.4) is 0 Å². The zero-order chi connectivity index (χ0) is 19.5. The Morgan fingerprint density at radius 1 is 1.29 bits per heavy atom. The number of aliphatic hydroxyl groups is 1. The van der Waals surface area contributed by atoms with E-state index < -0.39 is 0 Å². The van der Waals surface area contributed by atoms with Crippen molar-refractivity contribution in [3.63, 3.8) is 0 Å². The fourth-order valence-electron chi connectivity index (χ4n) is 3.36. The molecule has 0 radical (unpaired) electrons. The molecule has 6 nitrogen and oxygen atoms in total. The Balaban J connectivity index is 0.00000392. The summed E-state index contributed by atoms with van der Waals surface area (Å²) in [7, 11) is 0. The van der Waals surface area contributed by atoms with E-state index in [1.54, 1.807) is 0 Å². The van der Waals surface area contributed by atoms with Gasteiger partial charge in [0.15, 0.2) is 5.96 Å². The lowest BCUT2D eigenvalue weighted by molar-refractivity contribution is 0.131. The van der Waals surface area contributed by atoms with Crippen LogP contribution in [0.15, 0.2) is 23.2 Å². The quantitative estimate of drug-likeness (QED) is 0.197. The van der Waals surface area contributed by atoms with Gasteiger partial charge in [0.2, 0.25) is 0 Å². The first-order valence-corrected chi connectivity index (χ1v) is 10.00. The van der Waals surface area contributed by atoms with Crippen molar-refractivity contribution in [1.29, 1.82) is 0 Å². The van der Waals surface area contributed by atoms with Gasteiger partial charge in [-0.05, 0) is 51.2 Å². The van der Waals surface area contributed by atoms with Crippen molar-refractivity contribution in [2.24, 2.45) is 10.4 Å². The van der Waals surface area contributed by atoms with Crippen molar-refractivity contribution in [2.75, 3.05) is 46.1 Å². The number of benzene rings is 1. The summed E-state index contributed by atoms with van der Waals surface area (Å²) in [5.74, 6) is 1.80. The maximum Gasteiger partial charge on any atom is 0.191 e. The minimum absolute atomic E-state index is 0. The molecule has 0 saturated carbocycles. The number of nitrogens with one attached hydrogen (secondary N) is 2. The molecule has 0 bridgehead atoms. The van der Waals surface area contributed by atoms with Gasteiger partial charge in [0.25, 0.3) is 0 Å². The smallest absolute Gasteiger partial charge is 0.191 e. The number of nitrogens with zero attached hydrogens (tertiary/aromatic N) is 1. The summed E-state index contributed by atoms with van der Waals surface area (Å²) < 4.78 is 11.5. The van der Waals surface area contributed by atoms with E-state index in [0.717, 1.165) is 50.7 Å². The summed E-state index contributed by atoms with van der Waals surface area (Å²) in [6, 6.07) is 6.20. The molecule has 28 heavy (non-hydrogen) atoms. The third-order valence-corrected chi connectivity index (χ3v) is 5.01. The summed E-state index contributed by atoms with van der Waals surface area (Å²) in [5, 5.41) is 16.0. The number of halogens is 1. The molecule has 7 heteroatoms. The summed E-state index contributed by atoms with van der Waals surface area (Å²) in [4.78, 5) is 4.73. The first-order valence-electron chi connectivity index (χ1n) is 10.00. The average molecular weight is 505 g/mol. The van der Waals surface area contributed by atoms with Crippen molar-refractivity contribution in [1.82, 2.24) is 10.6 Å². The SMILES string of the molecule is CCNC(=NCC1(CCO)CCOC1)NCCCOc1c(C)cccc1C.I. The normalized spacial score (nSPS) is 19.2. The molecule has 0 aromatic heterocycles. The van der Waals surface area contributed by atoms with Gasteiger partial charge >= 0.3 is 0 Å². The summed E-state index contributed by atoms with van der Waals surface area (Å²) in [6.07, 6.45) is 2.59. The van der Waals surface area contributed by atoms with Gasteiger partial charge in [-0.15, -0.1) is 24.0 Å². The lowest BCUT2D eigenvalue weighted by Crippen LogP contribution is -2.39. The molecule has 0 amide bonds. The Morgan fingerprint density at radius 3 is 2.64 bits per heavy atom. The van der Waals surface area contributed by atoms with E-state index in [1.807, 2.05) is 0 Å². The second-order valence-corrected chi connectivity index (χ2v) is 7.32. The minimum atomic E-state index is -0.0252. The van der Waals surface area contributed by atoms with E-state index >= 15 is 0 Å². The second kappa shape index (κ2) is 13.2. The molecule has 1 atom stereocenters. The molecule has 1 aromatic rings. The van der Waals surface area contributed by atoms with Crippen LogP contribution in [0.1, 0.15) is 37.3 Å². The van der Waals surface area contributed by atoms with Crippen LogP contribution >= 0.6 is 24.0 Å². The molecular formula is C21H36IN3O3. The maximum atomic E-state index is 9.34. The molecule has 1 saturated heterocycles. The van der Waals surface area contributed by atoms with Gasteiger partial charge in [-0.3, -0.25) is 4.99 Å². The second-order valence-electron chi connectivity index (χ2n) is 7.32. The molecule has 3 N–H and O–H groups in total. The van der Waals surface area contributed by atoms with E-state index in [2.05, 4.69) is 49.6 Å². The van der Waals surface area contributed by atoms with Crippen LogP contribution in [-0.2, 0) is 4.74 Å². The molecule has 1 aliphatic rings. The van der Waals surface area contributed by atoms with Crippen LogP contribution in [0.5, 0.6) is 5.75 Å². The fourth-order valence-corrected chi connectivity index (χ4v) is 3.36. The number of ether oxygens (including phenoxy) is 2. The maximum absolute atomic E-state index is 9.34. The third kappa shape index (κ3) is 7.75. The van der Waals surface area contributed by atoms with Crippen LogP contribution in [-0.4, -0.2) is 57.1 Å². The Labute approximate surface area is 186 Å². The highest BCUT2D eigenvalue weighted by molar-refractivity contribution is 14.0. The Bertz CT molecular complexity index is 584. The van der Waals surface area contributed by atoms with E-state index in [1.165, 1.54) is 11.1 Å². The number of aryl methyl sites for hydroxylation is 2. The Kier molecular flexibility index (Phi) is 11.8. The highest BCUT2D eigenvalue weighted by atomic mass is 127. The number of para-hydroxylation sites is 1. The number of aliphatic imine (C=N–C) groups is 1. The predicted octanol–water partition coefficient (Wildman–Crippen LogP) is 3.03. The highest BCUT2D eigenvalue weighted by Gasteiger charge is 2.34. The van der Waals surface area contributed by atoms with Gasteiger partial charge in [0, 0.05) is 31.7 Å². The van der Waals surface area contributed by atoms with E-state index in [0.29, 0.717) is 19.8 Å². The van der Waals surface area contributed by atoms with Gasteiger partial charge in [0.05, 0.1) is 19.8 Å². The molecule has 0 spiro atoms. The molecule has 2 rings (SSSR count). The number of aliphatic hydroxyl groups excluding tert-OH is 1. The van der Waals surface area contributed by atoms with Crippen LogP contribution < -0.4 is 15.4 Å². The molecular weight excluding hydrogens is 469 g/mol. The van der Waals surface area contributed by atoms with Crippen molar-refractivity contribution in [2.45, 2.75) is 40.0 Å². The first-order chi connectivity index (χ1) is 13.1. The number of hydrogen-bond donors (Lipinski definition) is 3. The number of hydrogen-bond acceptors (Lipinski definition) is 4. The topological polar surface area (TPSA) is 75.1 Å². The monoisotopic (exact) mass is 505 g/mol. The minimum Gasteiger partial charge on any atom is -0.493 e. The van der Waals surface area contributed by atoms with Gasteiger partial charge in [0.1, 0.15) is 5.75 Å². The first kappa shape index (κ1) is 25.0. The van der Waals surface area contributed by atoms with E-state index in [4.69, 9.17) is 14.5 Å². The molecule has 1 aromatic carbocycles. The largest absolute Gasteiger partial charge is 0.493 e. The van der Waals surface area contributed by atoms with Crippen molar-refractivity contribution in [3.8, 4) is 5.75 Å². The molecule has 0 aliphatic carbocycles. The highest BCUT2D eigenvalue weighted by Crippen LogP contribution is 2.32. The molecule has 1 heterocycles. The van der Waals surface area contributed by atoms with Gasteiger partial charge in [-0.2, -0.15) is 0 Å².